The lowest BCUT2D eigenvalue weighted by atomic mass is 10.1. The van der Waals surface area contributed by atoms with Crippen LogP contribution in [0, 0.1) is 0 Å². The SMILES string of the molecule is CC(CCc1ccccc1)NS(=O)(=O)c1cccc(C(=O)NN)c1. The Balaban J connectivity index is 2.03. The number of benzene rings is 2. The normalized spacial score (nSPS) is 12.6. The third-order valence-corrected chi connectivity index (χ3v) is 5.19. The van der Waals surface area contributed by atoms with Crippen LogP contribution in [0.3, 0.4) is 0 Å². The zero-order valence-electron chi connectivity index (χ0n) is 13.4. The second-order valence-corrected chi connectivity index (χ2v) is 7.26. The van der Waals surface area contributed by atoms with Crippen LogP contribution in [0.25, 0.3) is 0 Å². The van der Waals surface area contributed by atoms with Gasteiger partial charge in [0, 0.05) is 11.6 Å². The fourth-order valence-corrected chi connectivity index (χ4v) is 3.63. The topological polar surface area (TPSA) is 101 Å². The van der Waals surface area contributed by atoms with Crippen molar-refractivity contribution in [3.63, 3.8) is 0 Å². The van der Waals surface area contributed by atoms with Crippen LogP contribution in [0.5, 0.6) is 0 Å². The number of hydrogen-bond donors (Lipinski definition) is 3. The van der Waals surface area contributed by atoms with Gasteiger partial charge in [0.2, 0.25) is 10.0 Å². The summed E-state index contributed by atoms with van der Waals surface area (Å²) >= 11 is 0. The lowest BCUT2D eigenvalue weighted by Crippen LogP contribution is -2.33. The maximum Gasteiger partial charge on any atom is 0.265 e. The summed E-state index contributed by atoms with van der Waals surface area (Å²) in [5, 5.41) is 0. The molecule has 2 aromatic carbocycles. The Morgan fingerprint density at radius 2 is 1.83 bits per heavy atom. The number of sulfonamides is 1. The molecule has 1 amide bonds. The van der Waals surface area contributed by atoms with Gasteiger partial charge in [-0.15, -0.1) is 0 Å². The van der Waals surface area contributed by atoms with Crippen molar-refractivity contribution in [1.29, 1.82) is 0 Å². The number of hydrazine groups is 1. The predicted octanol–water partition coefficient (Wildman–Crippen LogP) is 1.59. The number of nitrogens with one attached hydrogen (secondary N) is 2. The maximum atomic E-state index is 12.4. The van der Waals surface area contributed by atoms with E-state index in [0.717, 1.165) is 12.0 Å². The van der Waals surface area contributed by atoms with Crippen molar-refractivity contribution in [2.45, 2.75) is 30.7 Å². The Morgan fingerprint density at radius 3 is 2.50 bits per heavy atom. The van der Waals surface area contributed by atoms with Crippen LogP contribution in [-0.4, -0.2) is 20.4 Å². The van der Waals surface area contributed by atoms with E-state index < -0.39 is 15.9 Å². The Kier molecular flexibility index (Phi) is 6.08. The summed E-state index contributed by atoms with van der Waals surface area (Å²) < 4.78 is 27.5. The number of nitrogen functional groups attached to an aromatic ring is 1. The first-order valence-electron chi connectivity index (χ1n) is 7.59. The van der Waals surface area contributed by atoms with Gasteiger partial charge in [0.1, 0.15) is 0 Å². The molecule has 6 nitrogen and oxygen atoms in total. The summed E-state index contributed by atoms with van der Waals surface area (Å²) in [5.41, 5.74) is 3.33. The number of aryl methyl sites for hydroxylation is 1. The average Bonchev–Trinajstić information content (AvgIpc) is 2.60. The van der Waals surface area contributed by atoms with E-state index in [1.807, 2.05) is 42.7 Å². The van der Waals surface area contributed by atoms with Gasteiger partial charge >= 0.3 is 0 Å². The number of carbonyl (C=O) groups excluding carboxylic acids is 1. The van der Waals surface area contributed by atoms with Crippen molar-refractivity contribution >= 4 is 15.9 Å². The molecule has 0 aromatic heterocycles. The molecular weight excluding hydrogens is 326 g/mol. The van der Waals surface area contributed by atoms with Gasteiger partial charge < -0.3 is 0 Å². The largest absolute Gasteiger partial charge is 0.290 e. The molecule has 0 saturated carbocycles. The summed E-state index contributed by atoms with van der Waals surface area (Å²) in [7, 11) is -3.70. The van der Waals surface area contributed by atoms with Gasteiger partial charge in [-0.05, 0) is 43.5 Å². The summed E-state index contributed by atoms with van der Waals surface area (Å²) in [6, 6.07) is 15.4. The van der Waals surface area contributed by atoms with Crippen LogP contribution >= 0.6 is 0 Å². The molecule has 1 atom stereocenters. The van der Waals surface area contributed by atoms with Gasteiger partial charge in [0.15, 0.2) is 0 Å². The third-order valence-electron chi connectivity index (χ3n) is 3.60. The molecule has 0 aliphatic carbocycles. The van der Waals surface area contributed by atoms with Crippen molar-refractivity contribution in [3.05, 3.63) is 65.7 Å². The van der Waals surface area contributed by atoms with E-state index in [4.69, 9.17) is 5.84 Å². The number of carbonyl (C=O) groups is 1. The first-order chi connectivity index (χ1) is 11.4. The van der Waals surface area contributed by atoms with Gasteiger partial charge in [0.25, 0.3) is 5.91 Å². The number of nitrogens with two attached hydrogens (primary N) is 1. The highest BCUT2D eigenvalue weighted by atomic mass is 32.2. The molecule has 2 rings (SSSR count). The molecule has 0 fully saturated rings. The maximum absolute atomic E-state index is 12.4. The Morgan fingerprint density at radius 1 is 1.12 bits per heavy atom. The highest BCUT2D eigenvalue weighted by Gasteiger charge is 2.18. The molecule has 0 heterocycles. The molecular formula is C17H21N3O3S. The van der Waals surface area contributed by atoms with Crippen LogP contribution in [-0.2, 0) is 16.4 Å². The quantitative estimate of drug-likeness (QED) is 0.402. The molecule has 4 N–H and O–H groups in total. The fraction of sp³-hybridized carbons (Fsp3) is 0.235. The van der Waals surface area contributed by atoms with Crippen molar-refractivity contribution < 1.29 is 13.2 Å². The molecule has 0 aliphatic rings. The van der Waals surface area contributed by atoms with Crippen molar-refractivity contribution in [3.8, 4) is 0 Å². The zero-order valence-corrected chi connectivity index (χ0v) is 14.2. The molecule has 0 saturated heterocycles. The first kappa shape index (κ1) is 18.1. The molecule has 0 radical (unpaired) electrons. The van der Waals surface area contributed by atoms with Gasteiger partial charge in [-0.2, -0.15) is 0 Å². The number of hydrogen-bond acceptors (Lipinski definition) is 4. The first-order valence-corrected chi connectivity index (χ1v) is 9.08. The second kappa shape index (κ2) is 8.05. The number of rotatable bonds is 7. The van der Waals surface area contributed by atoms with Crippen LogP contribution in [0.15, 0.2) is 59.5 Å². The monoisotopic (exact) mass is 347 g/mol. The Hall–Kier alpha value is -2.22. The van der Waals surface area contributed by atoms with Gasteiger partial charge in [-0.3, -0.25) is 10.2 Å². The van der Waals surface area contributed by atoms with Crippen LogP contribution in [0.2, 0.25) is 0 Å². The van der Waals surface area contributed by atoms with E-state index in [9.17, 15) is 13.2 Å². The summed E-state index contributed by atoms with van der Waals surface area (Å²) in [6.07, 6.45) is 1.45. The highest BCUT2D eigenvalue weighted by molar-refractivity contribution is 7.89. The van der Waals surface area contributed by atoms with Crippen LogP contribution in [0.1, 0.15) is 29.3 Å². The fourth-order valence-electron chi connectivity index (χ4n) is 2.31. The smallest absolute Gasteiger partial charge is 0.265 e. The lowest BCUT2D eigenvalue weighted by Gasteiger charge is -2.14. The Bertz CT molecular complexity index is 792. The van der Waals surface area contributed by atoms with Gasteiger partial charge in [0.05, 0.1) is 4.90 Å². The predicted molar refractivity (Wildman–Crippen MR) is 92.6 cm³/mol. The minimum Gasteiger partial charge on any atom is -0.290 e. The minimum atomic E-state index is -3.70. The number of amides is 1. The van der Waals surface area contributed by atoms with Crippen LogP contribution < -0.4 is 16.0 Å². The highest BCUT2D eigenvalue weighted by Crippen LogP contribution is 2.13. The third kappa shape index (κ3) is 4.89. The molecule has 0 bridgehead atoms. The summed E-state index contributed by atoms with van der Waals surface area (Å²) in [4.78, 5) is 11.6. The zero-order chi connectivity index (χ0) is 17.6. The summed E-state index contributed by atoms with van der Waals surface area (Å²) in [5.74, 6) is 4.54. The molecule has 0 spiro atoms. The second-order valence-electron chi connectivity index (χ2n) is 5.55. The minimum absolute atomic E-state index is 0.0372. The van der Waals surface area contributed by atoms with Gasteiger partial charge in [-0.1, -0.05) is 36.4 Å². The van der Waals surface area contributed by atoms with Crippen molar-refractivity contribution in [2.75, 3.05) is 0 Å². The molecule has 0 aliphatic heterocycles. The molecule has 1 unspecified atom stereocenters. The van der Waals surface area contributed by atoms with E-state index >= 15 is 0 Å². The Labute approximate surface area is 142 Å². The van der Waals surface area contributed by atoms with E-state index in [1.54, 1.807) is 0 Å². The van der Waals surface area contributed by atoms with E-state index in [0.29, 0.717) is 6.42 Å². The average molecular weight is 347 g/mol. The molecule has 7 heteroatoms. The van der Waals surface area contributed by atoms with Crippen molar-refractivity contribution in [2.24, 2.45) is 5.84 Å². The van der Waals surface area contributed by atoms with Crippen LogP contribution in [0.4, 0.5) is 0 Å². The molecule has 128 valence electrons. The van der Waals surface area contributed by atoms with E-state index in [1.165, 1.54) is 24.3 Å². The summed E-state index contributed by atoms with van der Waals surface area (Å²) in [6.45, 7) is 1.82. The molecule has 2 aromatic rings. The van der Waals surface area contributed by atoms with E-state index in [2.05, 4.69) is 4.72 Å². The molecule has 24 heavy (non-hydrogen) atoms. The van der Waals surface area contributed by atoms with Gasteiger partial charge in [-0.25, -0.2) is 19.0 Å². The lowest BCUT2D eigenvalue weighted by molar-refractivity contribution is 0.0953. The van der Waals surface area contributed by atoms with Crippen molar-refractivity contribution in [1.82, 2.24) is 10.1 Å². The standard InChI is InChI=1S/C17H21N3O3S/c1-13(10-11-14-6-3-2-4-7-14)20-24(22,23)16-9-5-8-15(12-16)17(21)19-18/h2-9,12-13,20H,10-11,18H2,1H3,(H,19,21). The van der Waals surface area contributed by atoms with E-state index in [-0.39, 0.29) is 16.5 Å².